The number of hydrogen-bond donors (Lipinski definition) is 2. The zero-order chi connectivity index (χ0) is 11.2. The molecule has 0 aliphatic heterocycles. The smallest absolute Gasteiger partial charge is 0.0876 e. The van der Waals surface area contributed by atoms with Crippen LogP contribution in [0.3, 0.4) is 0 Å². The summed E-state index contributed by atoms with van der Waals surface area (Å²) in [7, 11) is -2.13. The van der Waals surface area contributed by atoms with Crippen LogP contribution >= 0.6 is 7.14 Å². The molecule has 0 aromatic carbocycles. The number of aliphatic hydroxyl groups excluding tert-OH is 2. The maximum Gasteiger partial charge on any atom is 0.0876 e. The van der Waals surface area contributed by atoms with E-state index >= 15 is 0 Å². The number of aliphatic hydroxyl groups is 2. The highest BCUT2D eigenvalue weighted by Gasteiger charge is 2.20. The molecule has 0 saturated heterocycles. The van der Waals surface area contributed by atoms with Crippen LogP contribution in [0.25, 0.3) is 0 Å². The van der Waals surface area contributed by atoms with Crippen LogP contribution in [-0.2, 0) is 4.57 Å². The Morgan fingerprint density at radius 2 is 1.43 bits per heavy atom. The van der Waals surface area contributed by atoms with Crippen molar-refractivity contribution in [1.29, 1.82) is 0 Å². The first-order valence-corrected chi connectivity index (χ1v) is 7.59. The molecular weight excluding hydrogens is 199 g/mol. The third-order valence-corrected chi connectivity index (χ3v) is 5.78. The summed E-state index contributed by atoms with van der Waals surface area (Å²) in [5.41, 5.74) is 0. The highest BCUT2D eigenvalue weighted by Crippen LogP contribution is 2.46. The van der Waals surface area contributed by atoms with Crippen LogP contribution in [0.4, 0.5) is 0 Å². The van der Waals surface area contributed by atoms with Gasteiger partial charge < -0.3 is 14.8 Å². The fraction of sp³-hybridized carbons (Fsp3) is 1.00. The third-order valence-electron chi connectivity index (χ3n) is 2.49. The van der Waals surface area contributed by atoms with Gasteiger partial charge in [-0.3, -0.25) is 0 Å². The highest BCUT2D eigenvalue weighted by atomic mass is 31.2. The molecule has 2 atom stereocenters. The Morgan fingerprint density at radius 1 is 1.07 bits per heavy atom. The van der Waals surface area contributed by atoms with Crippen LogP contribution in [0.2, 0.25) is 0 Å². The average Bonchev–Trinajstić information content (AvgIpc) is 2.11. The van der Waals surface area contributed by atoms with Crippen molar-refractivity contribution in [2.24, 2.45) is 0 Å². The minimum Gasteiger partial charge on any atom is -0.393 e. The average molecular weight is 222 g/mol. The van der Waals surface area contributed by atoms with Crippen LogP contribution in [0, 0.1) is 0 Å². The SMILES string of the molecule is CCP(=O)(CCC(C)O)CCC(C)O. The van der Waals surface area contributed by atoms with Gasteiger partial charge in [-0.2, -0.15) is 0 Å². The fourth-order valence-corrected chi connectivity index (χ4v) is 3.82. The second-order valence-corrected chi connectivity index (χ2v) is 7.74. The Labute approximate surface area is 86.9 Å². The Bertz CT molecular complexity index is 174. The lowest BCUT2D eigenvalue weighted by Gasteiger charge is -2.17. The molecule has 0 aromatic rings. The minimum atomic E-state index is -2.13. The van der Waals surface area contributed by atoms with Gasteiger partial charge in [0.15, 0.2) is 0 Å². The van der Waals surface area contributed by atoms with Gasteiger partial charge in [0.1, 0.15) is 0 Å². The lowest BCUT2D eigenvalue weighted by atomic mass is 10.3. The Morgan fingerprint density at radius 3 is 1.64 bits per heavy atom. The lowest BCUT2D eigenvalue weighted by molar-refractivity contribution is 0.189. The van der Waals surface area contributed by atoms with Gasteiger partial charge in [0.25, 0.3) is 0 Å². The first-order valence-electron chi connectivity index (χ1n) is 5.33. The molecule has 0 aliphatic rings. The predicted molar refractivity (Wildman–Crippen MR) is 60.5 cm³/mol. The summed E-state index contributed by atoms with van der Waals surface area (Å²) in [5, 5.41) is 18.2. The second kappa shape index (κ2) is 6.60. The summed E-state index contributed by atoms with van der Waals surface area (Å²) in [4.78, 5) is 0. The number of hydrogen-bond acceptors (Lipinski definition) is 3. The van der Waals surface area contributed by atoms with Crippen LogP contribution in [-0.4, -0.2) is 40.9 Å². The Balaban J connectivity index is 3.98. The first-order chi connectivity index (χ1) is 6.39. The van der Waals surface area contributed by atoms with Gasteiger partial charge in [-0.25, -0.2) is 0 Å². The molecule has 0 aromatic heterocycles. The molecule has 0 rings (SSSR count). The van der Waals surface area contributed by atoms with E-state index in [-0.39, 0.29) is 12.2 Å². The summed E-state index contributed by atoms with van der Waals surface area (Å²) in [6.07, 6.45) is 2.34. The molecule has 86 valence electrons. The van der Waals surface area contributed by atoms with Crippen molar-refractivity contribution in [1.82, 2.24) is 0 Å². The second-order valence-electron chi connectivity index (χ2n) is 4.10. The minimum absolute atomic E-state index is 0.374. The molecule has 0 fully saturated rings. The van der Waals surface area contributed by atoms with Gasteiger partial charge in [0, 0.05) is 12.3 Å². The van der Waals surface area contributed by atoms with Gasteiger partial charge in [-0.15, -0.1) is 0 Å². The van der Waals surface area contributed by atoms with Crippen LogP contribution in [0.15, 0.2) is 0 Å². The molecule has 0 radical (unpaired) electrons. The topological polar surface area (TPSA) is 57.5 Å². The molecule has 0 bridgehead atoms. The number of rotatable bonds is 7. The summed E-state index contributed by atoms with van der Waals surface area (Å²) >= 11 is 0. The molecule has 14 heavy (non-hydrogen) atoms. The van der Waals surface area contributed by atoms with Gasteiger partial charge >= 0.3 is 0 Å². The molecule has 0 aliphatic carbocycles. The Kier molecular flexibility index (Phi) is 6.67. The van der Waals surface area contributed by atoms with E-state index in [1.807, 2.05) is 6.92 Å². The van der Waals surface area contributed by atoms with E-state index < -0.39 is 7.14 Å². The maximum absolute atomic E-state index is 12.2. The van der Waals surface area contributed by atoms with Crippen LogP contribution in [0.5, 0.6) is 0 Å². The maximum atomic E-state index is 12.2. The fourth-order valence-electron chi connectivity index (χ4n) is 1.27. The summed E-state index contributed by atoms with van der Waals surface area (Å²) < 4.78 is 12.2. The van der Waals surface area contributed by atoms with E-state index in [9.17, 15) is 4.57 Å². The molecule has 0 spiro atoms. The van der Waals surface area contributed by atoms with Gasteiger partial charge in [0.2, 0.25) is 0 Å². The van der Waals surface area contributed by atoms with E-state index in [4.69, 9.17) is 10.2 Å². The lowest BCUT2D eigenvalue weighted by Crippen LogP contribution is -2.09. The van der Waals surface area contributed by atoms with E-state index in [0.717, 1.165) is 0 Å². The van der Waals surface area contributed by atoms with Crippen LogP contribution < -0.4 is 0 Å². The molecule has 2 unspecified atom stereocenters. The first kappa shape index (κ1) is 14.2. The molecular formula is C10H23O3P. The predicted octanol–water partition coefficient (Wildman–Crippen LogP) is 1.91. The van der Waals surface area contributed by atoms with Crippen molar-refractivity contribution in [3.8, 4) is 0 Å². The molecule has 0 amide bonds. The normalized spacial score (nSPS) is 20.1. The van der Waals surface area contributed by atoms with Crippen molar-refractivity contribution < 1.29 is 14.8 Å². The molecule has 2 N–H and O–H groups in total. The molecule has 3 nitrogen and oxygen atoms in total. The summed E-state index contributed by atoms with van der Waals surface area (Å²) in [6, 6.07) is 0. The van der Waals surface area contributed by atoms with Crippen molar-refractivity contribution in [2.45, 2.75) is 45.8 Å². The van der Waals surface area contributed by atoms with Crippen molar-refractivity contribution in [3.05, 3.63) is 0 Å². The quantitative estimate of drug-likeness (QED) is 0.647. The molecule has 0 saturated carbocycles. The van der Waals surface area contributed by atoms with Crippen LogP contribution in [0.1, 0.15) is 33.6 Å². The zero-order valence-electron chi connectivity index (χ0n) is 9.44. The van der Waals surface area contributed by atoms with E-state index in [1.165, 1.54) is 0 Å². The zero-order valence-corrected chi connectivity index (χ0v) is 10.3. The van der Waals surface area contributed by atoms with Gasteiger partial charge in [0.05, 0.1) is 19.3 Å². The summed E-state index contributed by atoms with van der Waals surface area (Å²) in [6.45, 7) is 5.36. The Hall–Kier alpha value is 0.150. The largest absolute Gasteiger partial charge is 0.393 e. The van der Waals surface area contributed by atoms with E-state index in [2.05, 4.69) is 0 Å². The van der Waals surface area contributed by atoms with E-state index in [0.29, 0.717) is 31.3 Å². The third kappa shape index (κ3) is 6.58. The van der Waals surface area contributed by atoms with Crippen molar-refractivity contribution in [3.63, 3.8) is 0 Å². The van der Waals surface area contributed by atoms with Gasteiger partial charge in [-0.1, -0.05) is 6.92 Å². The standard InChI is InChI=1S/C10H23O3P/c1-4-14(13,7-5-9(2)11)8-6-10(3)12/h9-12H,4-8H2,1-3H3. The van der Waals surface area contributed by atoms with Gasteiger partial charge in [-0.05, 0) is 32.9 Å². The molecule has 0 heterocycles. The van der Waals surface area contributed by atoms with Crippen molar-refractivity contribution in [2.75, 3.05) is 18.5 Å². The van der Waals surface area contributed by atoms with E-state index in [1.54, 1.807) is 13.8 Å². The molecule has 4 heteroatoms. The highest BCUT2D eigenvalue weighted by molar-refractivity contribution is 7.63. The summed E-state index contributed by atoms with van der Waals surface area (Å²) in [5.74, 6) is 0. The monoisotopic (exact) mass is 222 g/mol. The van der Waals surface area contributed by atoms with Crippen molar-refractivity contribution >= 4 is 7.14 Å².